The van der Waals surface area contributed by atoms with Crippen LogP contribution >= 0.6 is 0 Å². The van der Waals surface area contributed by atoms with Gasteiger partial charge < -0.3 is 18.3 Å². The fourth-order valence-corrected chi connectivity index (χ4v) is 4.40. The van der Waals surface area contributed by atoms with Gasteiger partial charge in [0.05, 0.1) is 18.2 Å². The standard InChI is InChI=1S/C26H24N2O6/c29-23(16-34-24(30)17-33-19-8-2-1-3-9-19)28-26(22-12-6-14-32-22)21-11-4-7-18(25(21)27-28)15-20-10-5-13-31-20/h1-3,5-6,8-10,12-15,21,26H,4,7,11,16-17H2/b18-15+. The fraction of sp³-hybridized carbons (Fsp3) is 0.269. The lowest BCUT2D eigenvalue weighted by molar-refractivity contribution is -0.154. The maximum atomic E-state index is 13.1. The molecule has 2 aromatic heterocycles. The second-order valence-electron chi connectivity index (χ2n) is 8.13. The predicted octanol–water partition coefficient (Wildman–Crippen LogP) is 4.62. The van der Waals surface area contributed by atoms with Gasteiger partial charge in [-0.05, 0) is 67.3 Å². The number of amides is 1. The molecular weight excluding hydrogens is 436 g/mol. The maximum absolute atomic E-state index is 13.1. The molecule has 34 heavy (non-hydrogen) atoms. The summed E-state index contributed by atoms with van der Waals surface area (Å²) in [6.45, 7) is -0.721. The van der Waals surface area contributed by atoms with Crippen LogP contribution in [0.5, 0.6) is 5.75 Å². The zero-order chi connectivity index (χ0) is 23.3. The predicted molar refractivity (Wildman–Crippen MR) is 123 cm³/mol. The molecule has 8 nitrogen and oxygen atoms in total. The number of para-hydroxylation sites is 1. The van der Waals surface area contributed by atoms with Gasteiger partial charge in [0.25, 0.3) is 5.91 Å². The third kappa shape index (κ3) is 4.66. The molecule has 0 spiro atoms. The second-order valence-corrected chi connectivity index (χ2v) is 8.13. The summed E-state index contributed by atoms with van der Waals surface area (Å²) in [7, 11) is 0. The van der Waals surface area contributed by atoms with Gasteiger partial charge in [-0.1, -0.05) is 18.2 Å². The van der Waals surface area contributed by atoms with Crippen LogP contribution in [0.2, 0.25) is 0 Å². The van der Waals surface area contributed by atoms with Crippen molar-refractivity contribution in [2.75, 3.05) is 13.2 Å². The Bertz CT molecular complexity index is 1180. The van der Waals surface area contributed by atoms with Gasteiger partial charge >= 0.3 is 5.97 Å². The van der Waals surface area contributed by atoms with Gasteiger partial charge in [-0.25, -0.2) is 9.80 Å². The highest BCUT2D eigenvalue weighted by Crippen LogP contribution is 2.44. The van der Waals surface area contributed by atoms with Crippen molar-refractivity contribution >= 4 is 23.7 Å². The summed E-state index contributed by atoms with van der Waals surface area (Å²) < 4.78 is 21.7. The van der Waals surface area contributed by atoms with Crippen molar-refractivity contribution in [3.8, 4) is 5.75 Å². The molecule has 1 aliphatic carbocycles. The minimum absolute atomic E-state index is 0.0119. The summed E-state index contributed by atoms with van der Waals surface area (Å²) >= 11 is 0. The topological polar surface area (TPSA) is 94.5 Å². The second kappa shape index (κ2) is 9.82. The van der Waals surface area contributed by atoms with Crippen LogP contribution in [0, 0.1) is 5.92 Å². The molecule has 1 fully saturated rings. The molecule has 0 N–H and O–H groups in total. The number of ether oxygens (including phenoxy) is 2. The van der Waals surface area contributed by atoms with Crippen LogP contribution in [0.25, 0.3) is 6.08 Å². The van der Waals surface area contributed by atoms with E-state index in [2.05, 4.69) is 5.10 Å². The van der Waals surface area contributed by atoms with Crippen LogP contribution in [0.3, 0.4) is 0 Å². The number of carbonyl (C=O) groups is 2. The number of carbonyl (C=O) groups excluding carboxylic acids is 2. The first kappa shape index (κ1) is 21.8. The van der Waals surface area contributed by atoms with Crippen molar-refractivity contribution in [1.82, 2.24) is 5.01 Å². The molecule has 5 rings (SSSR count). The highest BCUT2D eigenvalue weighted by atomic mass is 16.6. The molecule has 1 amide bonds. The van der Waals surface area contributed by atoms with E-state index in [0.717, 1.165) is 36.3 Å². The molecule has 1 aromatic carbocycles. The average molecular weight is 460 g/mol. The van der Waals surface area contributed by atoms with Crippen LogP contribution < -0.4 is 4.74 Å². The average Bonchev–Trinajstić information content (AvgIpc) is 3.63. The minimum Gasteiger partial charge on any atom is -0.482 e. The van der Waals surface area contributed by atoms with Crippen LogP contribution in [0.4, 0.5) is 0 Å². The van der Waals surface area contributed by atoms with E-state index in [1.807, 2.05) is 30.3 Å². The van der Waals surface area contributed by atoms with E-state index >= 15 is 0 Å². The number of allylic oxidation sites excluding steroid dienone is 1. The maximum Gasteiger partial charge on any atom is 0.344 e. The minimum atomic E-state index is -0.630. The molecular formula is C26H24N2O6. The van der Waals surface area contributed by atoms with Crippen LogP contribution in [0.1, 0.15) is 36.8 Å². The van der Waals surface area contributed by atoms with Gasteiger partial charge in [0.15, 0.2) is 13.2 Å². The summed E-state index contributed by atoms with van der Waals surface area (Å²) in [5.41, 5.74) is 1.88. The number of hydrazone groups is 1. The normalized spacial score (nSPS) is 20.6. The molecule has 2 aliphatic rings. The van der Waals surface area contributed by atoms with E-state index in [9.17, 15) is 9.59 Å². The number of rotatable bonds is 7. The Morgan fingerprint density at radius 2 is 1.85 bits per heavy atom. The van der Waals surface area contributed by atoms with Crippen LogP contribution in [-0.4, -0.2) is 35.8 Å². The number of fused-ring (bicyclic) bond motifs is 1. The number of hydrogen-bond acceptors (Lipinski definition) is 7. The summed E-state index contributed by atoms with van der Waals surface area (Å²) in [5.74, 6) is 0.875. The van der Waals surface area contributed by atoms with E-state index in [1.54, 1.807) is 42.9 Å². The molecule has 3 heterocycles. The van der Waals surface area contributed by atoms with Crippen LogP contribution in [0.15, 0.2) is 86.6 Å². The lowest BCUT2D eigenvalue weighted by Crippen LogP contribution is -2.34. The summed E-state index contributed by atoms with van der Waals surface area (Å²) in [4.78, 5) is 25.3. The third-order valence-corrected chi connectivity index (χ3v) is 5.91. The number of benzene rings is 1. The van der Waals surface area contributed by atoms with Crippen molar-refractivity contribution in [1.29, 1.82) is 0 Å². The molecule has 1 saturated carbocycles. The number of furan rings is 2. The molecule has 0 saturated heterocycles. The Kier molecular flexibility index (Phi) is 6.29. The summed E-state index contributed by atoms with van der Waals surface area (Å²) in [5, 5.41) is 6.08. The molecule has 1 aliphatic heterocycles. The lowest BCUT2D eigenvalue weighted by Gasteiger charge is -2.27. The van der Waals surface area contributed by atoms with E-state index in [0.29, 0.717) is 11.5 Å². The first-order valence-corrected chi connectivity index (χ1v) is 11.2. The first-order valence-electron chi connectivity index (χ1n) is 11.2. The Labute approximate surface area is 196 Å². The molecule has 174 valence electrons. The van der Waals surface area contributed by atoms with Gasteiger partial charge in [-0.2, -0.15) is 5.10 Å². The summed E-state index contributed by atoms with van der Waals surface area (Å²) in [6, 6.07) is 15.9. The Morgan fingerprint density at radius 3 is 2.62 bits per heavy atom. The Balaban J connectivity index is 1.30. The first-order chi connectivity index (χ1) is 16.7. The number of esters is 1. The van der Waals surface area contributed by atoms with Gasteiger partial charge in [0, 0.05) is 5.92 Å². The Morgan fingerprint density at radius 1 is 1.03 bits per heavy atom. The van der Waals surface area contributed by atoms with E-state index < -0.39 is 24.5 Å². The SMILES string of the molecule is O=C(COc1ccccc1)OCC(=O)N1N=C2/C(=C/c3ccco3)CCCC2C1c1ccco1. The quantitative estimate of drug-likeness (QED) is 0.478. The fourth-order valence-electron chi connectivity index (χ4n) is 4.40. The highest BCUT2D eigenvalue weighted by molar-refractivity contribution is 6.08. The van der Waals surface area contributed by atoms with Crippen molar-refractivity contribution in [2.24, 2.45) is 11.0 Å². The zero-order valence-electron chi connectivity index (χ0n) is 18.5. The largest absolute Gasteiger partial charge is 0.482 e. The third-order valence-electron chi connectivity index (χ3n) is 5.91. The zero-order valence-corrected chi connectivity index (χ0v) is 18.5. The molecule has 2 atom stereocenters. The van der Waals surface area contributed by atoms with E-state index in [-0.39, 0.29) is 12.5 Å². The smallest absolute Gasteiger partial charge is 0.344 e. The van der Waals surface area contributed by atoms with Crippen molar-refractivity contribution in [2.45, 2.75) is 25.3 Å². The van der Waals surface area contributed by atoms with Crippen molar-refractivity contribution in [3.63, 3.8) is 0 Å². The highest BCUT2D eigenvalue weighted by Gasteiger charge is 2.45. The molecule has 2 unspecified atom stereocenters. The lowest BCUT2D eigenvalue weighted by atomic mass is 9.79. The number of hydrogen-bond donors (Lipinski definition) is 0. The van der Waals surface area contributed by atoms with Gasteiger partial charge in [-0.15, -0.1) is 0 Å². The molecule has 3 aromatic rings. The van der Waals surface area contributed by atoms with Crippen LogP contribution in [-0.2, 0) is 14.3 Å². The molecule has 0 radical (unpaired) electrons. The molecule has 0 bridgehead atoms. The van der Waals surface area contributed by atoms with Gasteiger partial charge in [0.2, 0.25) is 0 Å². The number of nitrogens with zero attached hydrogens (tertiary/aromatic N) is 2. The van der Waals surface area contributed by atoms with Crippen molar-refractivity contribution < 1.29 is 27.9 Å². The van der Waals surface area contributed by atoms with Gasteiger partial charge in [-0.3, -0.25) is 4.79 Å². The summed E-state index contributed by atoms with van der Waals surface area (Å²) in [6.07, 6.45) is 7.85. The van der Waals surface area contributed by atoms with E-state index in [4.69, 9.17) is 18.3 Å². The molecule has 8 heteroatoms. The van der Waals surface area contributed by atoms with Crippen molar-refractivity contribution in [3.05, 3.63) is 84.2 Å². The van der Waals surface area contributed by atoms with E-state index in [1.165, 1.54) is 5.01 Å². The monoisotopic (exact) mass is 460 g/mol. The Hall–Kier alpha value is -4.07. The van der Waals surface area contributed by atoms with Gasteiger partial charge in [0.1, 0.15) is 23.3 Å².